The van der Waals surface area contributed by atoms with Crippen molar-refractivity contribution in [1.82, 2.24) is 0 Å². The van der Waals surface area contributed by atoms with Gasteiger partial charge in [0, 0.05) is 10.6 Å². The third-order valence-corrected chi connectivity index (χ3v) is 2.27. The zero-order valence-corrected chi connectivity index (χ0v) is 7.46. The van der Waals surface area contributed by atoms with Crippen LogP contribution in [0.3, 0.4) is 0 Å². The monoisotopic (exact) mass is 178 g/mol. The van der Waals surface area contributed by atoms with Crippen molar-refractivity contribution in [3.8, 4) is 0 Å². The van der Waals surface area contributed by atoms with Crippen molar-refractivity contribution >= 4 is 18.0 Å². The van der Waals surface area contributed by atoms with E-state index in [-0.39, 0.29) is 0 Å². The zero-order valence-electron chi connectivity index (χ0n) is 6.64. The number of hydrogen-bond acceptors (Lipinski definition) is 2. The molecule has 0 heterocycles. The summed E-state index contributed by atoms with van der Waals surface area (Å²) >= 11 is 1.71. The van der Waals surface area contributed by atoms with Crippen LogP contribution in [0, 0.1) is 0 Å². The number of benzene rings is 1. The number of carbonyl (C=O) groups is 1. The Morgan fingerprint density at radius 1 is 1.25 bits per heavy atom. The van der Waals surface area contributed by atoms with E-state index in [1.807, 2.05) is 24.3 Å². The van der Waals surface area contributed by atoms with E-state index in [0.717, 1.165) is 12.0 Å². The molecule has 0 aliphatic carbocycles. The summed E-state index contributed by atoms with van der Waals surface area (Å²) in [4.78, 5) is 11.1. The zero-order chi connectivity index (χ0) is 8.65. The number of allylic oxidation sites excluding steroid dienone is 1. The van der Waals surface area contributed by atoms with Crippen molar-refractivity contribution in [2.75, 3.05) is 5.75 Å². The highest BCUT2D eigenvalue weighted by Gasteiger charge is 1.87. The van der Waals surface area contributed by atoms with Crippen LogP contribution in [0.1, 0.15) is 0 Å². The summed E-state index contributed by atoms with van der Waals surface area (Å²) in [7, 11) is 0. The molecule has 0 unspecified atom stereocenters. The van der Waals surface area contributed by atoms with E-state index in [1.165, 1.54) is 11.0 Å². The van der Waals surface area contributed by atoms with Gasteiger partial charge in [-0.3, -0.25) is 4.79 Å². The summed E-state index contributed by atoms with van der Waals surface area (Å²) in [5.74, 6) is 0.850. The fourth-order valence-electron chi connectivity index (χ4n) is 0.772. The van der Waals surface area contributed by atoms with Crippen LogP contribution in [0.15, 0.2) is 47.4 Å². The molecule has 0 N–H and O–H groups in total. The van der Waals surface area contributed by atoms with E-state index >= 15 is 0 Å². The standard InChI is InChI=1S/C10H10OS/c11-8-4-5-9-12-10-6-2-1-3-7-10/h1-8H,9H2/b5-4+. The molecule has 1 aromatic rings. The van der Waals surface area contributed by atoms with E-state index in [2.05, 4.69) is 12.1 Å². The smallest absolute Gasteiger partial charge is 0.142 e. The van der Waals surface area contributed by atoms with E-state index in [4.69, 9.17) is 0 Å². The van der Waals surface area contributed by atoms with Crippen molar-refractivity contribution in [2.45, 2.75) is 4.90 Å². The summed E-state index contributed by atoms with van der Waals surface area (Å²) in [6.45, 7) is 0. The first-order valence-electron chi connectivity index (χ1n) is 3.71. The molecule has 1 rings (SSSR count). The summed E-state index contributed by atoms with van der Waals surface area (Å²) in [5.41, 5.74) is 0. The molecule has 12 heavy (non-hydrogen) atoms. The number of hydrogen-bond donors (Lipinski definition) is 0. The average molecular weight is 178 g/mol. The fourth-order valence-corrected chi connectivity index (χ4v) is 1.52. The van der Waals surface area contributed by atoms with Crippen molar-refractivity contribution in [2.24, 2.45) is 0 Å². The SMILES string of the molecule is O=C/C=C/CSc1ccccc1. The van der Waals surface area contributed by atoms with Gasteiger partial charge in [0.15, 0.2) is 0 Å². The second-order valence-corrected chi connectivity index (χ2v) is 3.28. The summed E-state index contributed by atoms with van der Waals surface area (Å²) in [5, 5.41) is 0. The molecule has 0 amide bonds. The topological polar surface area (TPSA) is 17.1 Å². The Labute approximate surface area is 76.5 Å². The molecule has 0 saturated carbocycles. The van der Waals surface area contributed by atoms with Gasteiger partial charge in [0.05, 0.1) is 0 Å². The highest BCUT2D eigenvalue weighted by molar-refractivity contribution is 7.99. The largest absolute Gasteiger partial charge is 0.299 e. The molecule has 0 saturated heterocycles. The normalized spacial score (nSPS) is 10.3. The van der Waals surface area contributed by atoms with Crippen molar-refractivity contribution in [1.29, 1.82) is 0 Å². The van der Waals surface area contributed by atoms with Crippen molar-refractivity contribution in [3.63, 3.8) is 0 Å². The molecule has 0 fully saturated rings. The Morgan fingerprint density at radius 2 is 2.00 bits per heavy atom. The van der Waals surface area contributed by atoms with Crippen molar-refractivity contribution < 1.29 is 4.79 Å². The maximum atomic E-state index is 9.92. The maximum absolute atomic E-state index is 9.92. The van der Waals surface area contributed by atoms with Crippen LogP contribution in [-0.2, 0) is 4.79 Å². The first kappa shape index (κ1) is 9.07. The number of aldehydes is 1. The lowest BCUT2D eigenvalue weighted by molar-refractivity contribution is -0.104. The Hall–Kier alpha value is -1.02. The number of rotatable bonds is 4. The number of carbonyl (C=O) groups excluding carboxylic acids is 1. The van der Waals surface area contributed by atoms with Crippen molar-refractivity contribution in [3.05, 3.63) is 42.5 Å². The molecule has 1 nitrogen and oxygen atoms in total. The third-order valence-electron chi connectivity index (χ3n) is 1.30. The minimum atomic E-state index is 0.797. The highest BCUT2D eigenvalue weighted by Crippen LogP contribution is 2.16. The maximum Gasteiger partial charge on any atom is 0.142 e. The molecule has 0 radical (unpaired) electrons. The minimum Gasteiger partial charge on any atom is -0.299 e. The van der Waals surface area contributed by atoms with E-state index < -0.39 is 0 Å². The second kappa shape index (κ2) is 5.61. The summed E-state index contributed by atoms with van der Waals surface area (Å²) in [6, 6.07) is 10.1. The summed E-state index contributed by atoms with van der Waals surface area (Å²) < 4.78 is 0. The molecule has 0 bridgehead atoms. The first-order valence-corrected chi connectivity index (χ1v) is 4.70. The van der Waals surface area contributed by atoms with E-state index in [9.17, 15) is 4.79 Å². The van der Waals surface area contributed by atoms with E-state index in [1.54, 1.807) is 11.8 Å². The van der Waals surface area contributed by atoms with Crippen LogP contribution in [0.5, 0.6) is 0 Å². The molecule has 1 aromatic carbocycles. The van der Waals surface area contributed by atoms with E-state index in [0.29, 0.717) is 0 Å². The summed E-state index contributed by atoms with van der Waals surface area (Å²) in [6.07, 6.45) is 4.17. The first-order chi connectivity index (χ1) is 5.93. The second-order valence-electron chi connectivity index (χ2n) is 2.19. The van der Waals surface area contributed by atoms with Gasteiger partial charge in [0.2, 0.25) is 0 Å². The van der Waals surface area contributed by atoms with Gasteiger partial charge >= 0.3 is 0 Å². The van der Waals surface area contributed by atoms with Gasteiger partial charge in [-0.25, -0.2) is 0 Å². The Kier molecular flexibility index (Phi) is 4.24. The predicted octanol–water partition coefficient (Wildman–Crippen LogP) is 2.53. The van der Waals surface area contributed by atoms with Crippen LogP contribution in [-0.4, -0.2) is 12.0 Å². The molecular formula is C10H10OS. The lowest BCUT2D eigenvalue weighted by Gasteiger charge is -1.94. The van der Waals surface area contributed by atoms with Crippen LogP contribution < -0.4 is 0 Å². The molecule has 0 atom stereocenters. The van der Waals surface area contributed by atoms with Crippen LogP contribution >= 0.6 is 11.8 Å². The highest BCUT2D eigenvalue weighted by atomic mass is 32.2. The fraction of sp³-hybridized carbons (Fsp3) is 0.100. The van der Waals surface area contributed by atoms with Gasteiger partial charge in [-0.15, -0.1) is 11.8 Å². The molecule has 0 aliphatic heterocycles. The predicted molar refractivity (Wildman–Crippen MR) is 52.4 cm³/mol. The lowest BCUT2D eigenvalue weighted by atomic mass is 10.4. The van der Waals surface area contributed by atoms with Gasteiger partial charge in [-0.2, -0.15) is 0 Å². The number of thioether (sulfide) groups is 1. The Bertz CT molecular complexity index is 254. The Morgan fingerprint density at radius 3 is 2.67 bits per heavy atom. The van der Waals surface area contributed by atoms with Crippen LogP contribution in [0.2, 0.25) is 0 Å². The molecule has 0 aromatic heterocycles. The third kappa shape index (κ3) is 3.39. The van der Waals surface area contributed by atoms with Gasteiger partial charge < -0.3 is 0 Å². The Balaban J connectivity index is 2.33. The quantitative estimate of drug-likeness (QED) is 0.400. The minimum absolute atomic E-state index is 0.797. The van der Waals surface area contributed by atoms with Gasteiger partial charge in [0.1, 0.15) is 6.29 Å². The van der Waals surface area contributed by atoms with Gasteiger partial charge in [0.25, 0.3) is 0 Å². The average Bonchev–Trinajstić information content (AvgIpc) is 2.14. The molecule has 2 heteroatoms. The molecule has 0 spiro atoms. The molecular weight excluding hydrogens is 168 g/mol. The van der Waals surface area contributed by atoms with Gasteiger partial charge in [-0.1, -0.05) is 24.3 Å². The lowest BCUT2D eigenvalue weighted by Crippen LogP contribution is -1.72. The van der Waals surface area contributed by atoms with Crippen LogP contribution in [0.25, 0.3) is 0 Å². The van der Waals surface area contributed by atoms with Gasteiger partial charge in [-0.05, 0) is 18.2 Å². The van der Waals surface area contributed by atoms with Crippen LogP contribution in [0.4, 0.5) is 0 Å². The molecule has 0 aliphatic rings. The molecule has 62 valence electrons.